The van der Waals surface area contributed by atoms with Crippen LogP contribution >= 0.6 is 11.6 Å². The predicted octanol–water partition coefficient (Wildman–Crippen LogP) is 5.48. The van der Waals surface area contributed by atoms with Gasteiger partial charge in [-0.3, -0.25) is 19.5 Å². The minimum Gasteiger partial charge on any atom is -0.507 e. The van der Waals surface area contributed by atoms with Crippen LogP contribution < -0.4 is 4.90 Å². The molecule has 2 aromatic carbocycles. The number of aromatic nitrogens is 1. The lowest BCUT2D eigenvalue weighted by atomic mass is 9.93. The van der Waals surface area contributed by atoms with Crippen LogP contribution in [-0.4, -0.2) is 21.8 Å². The molecule has 1 aromatic heterocycles. The van der Waals surface area contributed by atoms with Crippen molar-refractivity contribution in [3.05, 3.63) is 100 Å². The number of halogens is 1. The molecule has 0 radical (unpaired) electrons. The number of carbonyl (C=O) groups excluding carboxylic acids is 2. The Labute approximate surface area is 185 Å². The molecule has 0 aliphatic carbocycles. The zero-order valence-corrected chi connectivity index (χ0v) is 17.9. The lowest BCUT2D eigenvalue weighted by Crippen LogP contribution is -2.29. The first kappa shape index (κ1) is 20.8. The van der Waals surface area contributed by atoms with Gasteiger partial charge in [0, 0.05) is 16.8 Å². The number of aliphatic hydroxyl groups excluding tert-OH is 1. The van der Waals surface area contributed by atoms with Gasteiger partial charge in [-0.2, -0.15) is 0 Å². The number of rotatable bonds is 4. The summed E-state index contributed by atoms with van der Waals surface area (Å²) in [6, 6.07) is 16.9. The van der Waals surface area contributed by atoms with Crippen LogP contribution in [0.2, 0.25) is 5.02 Å². The molecule has 1 saturated heterocycles. The van der Waals surface area contributed by atoms with Crippen molar-refractivity contribution in [1.29, 1.82) is 0 Å². The number of pyridine rings is 1. The van der Waals surface area contributed by atoms with Gasteiger partial charge >= 0.3 is 0 Å². The topological polar surface area (TPSA) is 70.5 Å². The first-order valence-electron chi connectivity index (χ1n) is 9.95. The minimum atomic E-state index is -0.777. The van der Waals surface area contributed by atoms with Gasteiger partial charge in [-0.15, -0.1) is 0 Å². The summed E-state index contributed by atoms with van der Waals surface area (Å²) in [6.45, 7) is 4.19. The number of carbonyl (C=O) groups is 2. The highest BCUT2D eigenvalue weighted by Crippen LogP contribution is 2.42. The largest absolute Gasteiger partial charge is 0.507 e. The van der Waals surface area contributed by atoms with E-state index in [0.29, 0.717) is 22.2 Å². The maximum absolute atomic E-state index is 13.1. The van der Waals surface area contributed by atoms with E-state index < -0.39 is 17.7 Å². The fourth-order valence-electron chi connectivity index (χ4n) is 3.74. The molecule has 1 atom stereocenters. The molecule has 1 N–H and O–H groups in total. The molecule has 0 bridgehead atoms. The first-order valence-corrected chi connectivity index (χ1v) is 10.3. The van der Waals surface area contributed by atoms with E-state index in [1.165, 1.54) is 11.1 Å². The van der Waals surface area contributed by atoms with Crippen LogP contribution in [-0.2, 0) is 9.59 Å². The van der Waals surface area contributed by atoms with E-state index in [1.54, 1.807) is 42.6 Å². The van der Waals surface area contributed by atoms with Gasteiger partial charge in [0.15, 0.2) is 0 Å². The zero-order chi connectivity index (χ0) is 22.1. The molecule has 6 heteroatoms. The van der Waals surface area contributed by atoms with E-state index in [2.05, 4.69) is 18.8 Å². The second-order valence-electron chi connectivity index (χ2n) is 7.71. The molecule has 0 spiro atoms. The van der Waals surface area contributed by atoms with Crippen LogP contribution in [0.15, 0.2) is 78.6 Å². The van der Waals surface area contributed by atoms with Crippen molar-refractivity contribution in [1.82, 2.24) is 4.98 Å². The van der Waals surface area contributed by atoms with E-state index >= 15 is 0 Å². The number of nitrogens with zero attached hydrogens (tertiary/aromatic N) is 2. The van der Waals surface area contributed by atoms with Gasteiger partial charge in [0.2, 0.25) is 0 Å². The lowest BCUT2D eigenvalue weighted by Gasteiger charge is -2.25. The van der Waals surface area contributed by atoms with Gasteiger partial charge in [0.25, 0.3) is 11.7 Å². The second kappa shape index (κ2) is 8.36. The van der Waals surface area contributed by atoms with Crippen molar-refractivity contribution in [2.45, 2.75) is 25.8 Å². The van der Waals surface area contributed by atoms with Crippen molar-refractivity contribution in [3.8, 4) is 0 Å². The number of anilines is 1. The predicted molar refractivity (Wildman–Crippen MR) is 121 cm³/mol. The highest BCUT2D eigenvalue weighted by molar-refractivity contribution is 6.51. The Morgan fingerprint density at radius 3 is 2.29 bits per heavy atom. The van der Waals surface area contributed by atoms with Crippen molar-refractivity contribution < 1.29 is 14.7 Å². The Bertz CT molecular complexity index is 1150. The summed E-state index contributed by atoms with van der Waals surface area (Å²) >= 11 is 5.96. The first-order chi connectivity index (χ1) is 14.9. The Balaban J connectivity index is 1.91. The van der Waals surface area contributed by atoms with Crippen LogP contribution in [0.3, 0.4) is 0 Å². The van der Waals surface area contributed by atoms with Crippen molar-refractivity contribution >= 4 is 34.7 Å². The van der Waals surface area contributed by atoms with E-state index in [4.69, 9.17) is 11.6 Å². The summed E-state index contributed by atoms with van der Waals surface area (Å²) < 4.78 is 0. The number of ketones is 1. The third-order valence-corrected chi connectivity index (χ3v) is 5.66. The van der Waals surface area contributed by atoms with E-state index in [1.807, 2.05) is 24.3 Å². The van der Waals surface area contributed by atoms with Gasteiger partial charge in [0.1, 0.15) is 5.76 Å². The SMILES string of the molecule is CC(C)c1ccc([C@@H]2C(=C(O)c3ccc(Cl)cc3)C(=O)C(=O)N2c2cccnc2)cc1. The van der Waals surface area contributed by atoms with Gasteiger partial charge in [-0.1, -0.05) is 49.7 Å². The van der Waals surface area contributed by atoms with Crippen molar-refractivity contribution in [3.63, 3.8) is 0 Å². The molecule has 4 rings (SSSR count). The molecular formula is C25H21ClN2O3. The maximum atomic E-state index is 13.1. The number of hydrogen-bond acceptors (Lipinski definition) is 4. The fraction of sp³-hybridized carbons (Fsp3) is 0.160. The zero-order valence-electron chi connectivity index (χ0n) is 17.1. The molecule has 0 unspecified atom stereocenters. The monoisotopic (exact) mass is 432 g/mol. The molecule has 31 heavy (non-hydrogen) atoms. The molecule has 1 amide bonds. The molecule has 1 aliphatic heterocycles. The summed E-state index contributed by atoms with van der Waals surface area (Å²) in [7, 11) is 0. The Kier molecular flexibility index (Phi) is 5.61. The van der Waals surface area contributed by atoms with Crippen LogP contribution in [0.1, 0.15) is 42.5 Å². The summed E-state index contributed by atoms with van der Waals surface area (Å²) in [5, 5.41) is 11.6. The van der Waals surface area contributed by atoms with Crippen molar-refractivity contribution in [2.24, 2.45) is 0 Å². The van der Waals surface area contributed by atoms with Crippen LogP contribution in [0, 0.1) is 0 Å². The second-order valence-corrected chi connectivity index (χ2v) is 8.15. The Morgan fingerprint density at radius 1 is 1.03 bits per heavy atom. The van der Waals surface area contributed by atoms with Gasteiger partial charge in [-0.05, 0) is 53.4 Å². The van der Waals surface area contributed by atoms with Crippen LogP contribution in [0.25, 0.3) is 5.76 Å². The number of hydrogen-bond donors (Lipinski definition) is 1. The average Bonchev–Trinajstić information content (AvgIpc) is 3.05. The third kappa shape index (κ3) is 3.84. The molecule has 1 aliphatic rings. The smallest absolute Gasteiger partial charge is 0.300 e. The van der Waals surface area contributed by atoms with Gasteiger partial charge in [-0.25, -0.2) is 0 Å². The lowest BCUT2D eigenvalue weighted by molar-refractivity contribution is -0.132. The average molecular weight is 433 g/mol. The Hall–Kier alpha value is -3.44. The van der Waals surface area contributed by atoms with Crippen LogP contribution in [0.5, 0.6) is 0 Å². The fourth-order valence-corrected chi connectivity index (χ4v) is 3.86. The normalized spacial score (nSPS) is 18.1. The number of aliphatic hydroxyl groups is 1. The number of benzene rings is 2. The van der Waals surface area contributed by atoms with E-state index in [-0.39, 0.29) is 11.3 Å². The van der Waals surface area contributed by atoms with Crippen molar-refractivity contribution in [2.75, 3.05) is 4.90 Å². The van der Waals surface area contributed by atoms with E-state index in [9.17, 15) is 14.7 Å². The quantitative estimate of drug-likeness (QED) is 0.336. The van der Waals surface area contributed by atoms with Gasteiger partial charge < -0.3 is 5.11 Å². The Morgan fingerprint density at radius 2 is 1.71 bits per heavy atom. The summed E-state index contributed by atoms with van der Waals surface area (Å²) in [4.78, 5) is 31.6. The highest BCUT2D eigenvalue weighted by Gasteiger charge is 2.47. The number of amides is 1. The molecule has 5 nitrogen and oxygen atoms in total. The third-order valence-electron chi connectivity index (χ3n) is 5.41. The minimum absolute atomic E-state index is 0.0356. The molecule has 1 fully saturated rings. The van der Waals surface area contributed by atoms with E-state index in [0.717, 1.165) is 11.1 Å². The number of Topliss-reactive ketones (excluding diaryl/α,β-unsaturated/α-hetero) is 1. The summed E-state index contributed by atoms with van der Waals surface area (Å²) in [5.41, 5.74) is 2.80. The summed E-state index contributed by atoms with van der Waals surface area (Å²) in [6.07, 6.45) is 3.13. The highest BCUT2D eigenvalue weighted by atomic mass is 35.5. The molecule has 3 aromatic rings. The standard InChI is InChI=1S/C25H21ClN2O3/c1-15(2)16-5-7-17(8-6-16)22-21(23(29)18-9-11-19(26)12-10-18)24(30)25(31)28(22)20-4-3-13-27-14-20/h3-15,22,29H,1-2H3/t22-/m1/s1. The van der Waals surface area contributed by atoms with Gasteiger partial charge in [0.05, 0.1) is 23.5 Å². The molecule has 0 saturated carbocycles. The van der Waals surface area contributed by atoms with Crippen LogP contribution in [0.4, 0.5) is 5.69 Å². The molecule has 2 heterocycles. The maximum Gasteiger partial charge on any atom is 0.300 e. The summed E-state index contributed by atoms with van der Waals surface area (Å²) in [5.74, 6) is -1.34. The molecule has 156 valence electrons. The molecular weight excluding hydrogens is 412 g/mol.